The molecular formula is C13H17BrO2. The Morgan fingerprint density at radius 2 is 2.19 bits per heavy atom. The second kappa shape index (κ2) is 6.71. The van der Waals surface area contributed by atoms with Gasteiger partial charge in [-0.1, -0.05) is 21.5 Å². The van der Waals surface area contributed by atoms with Gasteiger partial charge in [0.05, 0.1) is 20.3 Å². The summed E-state index contributed by atoms with van der Waals surface area (Å²) < 4.78 is 11.9. The molecule has 0 N–H and O–H groups in total. The molecule has 16 heavy (non-hydrogen) atoms. The summed E-state index contributed by atoms with van der Waals surface area (Å²) in [7, 11) is 1.67. The first-order valence-corrected chi connectivity index (χ1v) is 5.97. The maximum Gasteiger partial charge on any atom is 0.124 e. The molecule has 3 heteroatoms. The van der Waals surface area contributed by atoms with Crippen molar-refractivity contribution in [3.05, 3.63) is 40.4 Å². The summed E-state index contributed by atoms with van der Waals surface area (Å²) in [6.45, 7) is 7.10. The van der Waals surface area contributed by atoms with Gasteiger partial charge in [-0.15, -0.1) is 6.58 Å². The van der Waals surface area contributed by atoms with Crippen LogP contribution < -0.4 is 4.74 Å². The van der Waals surface area contributed by atoms with Crippen molar-refractivity contribution in [2.24, 2.45) is 0 Å². The smallest absolute Gasteiger partial charge is 0.124 e. The molecule has 1 aromatic carbocycles. The number of hydrogen-bond acceptors (Lipinski definition) is 2. The Labute approximate surface area is 105 Å². The molecule has 0 saturated heterocycles. The average molecular weight is 285 g/mol. The summed E-state index contributed by atoms with van der Waals surface area (Å²) in [5, 5.41) is 0. The van der Waals surface area contributed by atoms with Crippen LogP contribution in [0.4, 0.5) is 0 Å². The van der Waals surface area contributed by atoms with Crippen LogP contribution in [-0.2, 0) is 11.3 Å². The van der Waals surface area contributed by atoms with E-state index in [-0.39, 0.29) is 0 Å². The summed E-state index contributed by atoms with van der Waals surface area (Å²) in [5.41, 5.74) is 2.19. The molecule has 0 saturated carbocycles. The normalized spacial score (nSPS) is 10.2. The van der Waals surface area contributed by atoms with Crippen LogP contribution in [0.15, 0.2) is 34.8 Å². The first kappa shape index (κ1) is 13.3. The van der Waals surface area contributed by atoms with Gasteiger partial charge in [0.25, 0.3) is 0 Å². The molecule has 1 aromatic rings. The third-order valence-corrected chi connectivity index (χ3v) is 2.67. The van der Waals surface area contributed by atoms with Gasteiger partial charge in [-0.05, 0) is 31.5 Å². The number of halogens is 1. The highest BCUT2D eigenvalue weighted by Crippen LogP contribution is 2.23. The van der Waals surface area contributed by atoms with E-state index in [0.717, 1.165) is 27.8 Å². The predicted octanol–water partition coefficient (Wildman–Crippen LogP) is 3.94. The van der Waals surface area contributed by atoms with Crippen molar-refractivity contribution in [3.8, 4) is 5.75 Å². The molecule has 88 valence electrons. The quantitative estimate of drug-likeness (QED) is 0.582. The van der Waals surface area contributed by atoms with Gasteiger partial charge < -0.3 is 9.47 Å². The molecule has 0 aliphatic rings. The molecule has 0 atom stereocenters. The van der Waals surface area contributed by atoms with E-state index < -0.39 is 0 Å². The van der Waals surface area contributed by atoms with Crippen molar-refractivity contribution < 1.29 is 9.47 Å². The van der Waals surface area contributed by atoms with Gasteiger partial charge in [0.15, 0.2) is 0 Å². The largest absolute Gasteiger partial charge is 0.496 e. The second-order valence-corrected chi connectivity index (χ2v) is 4.63. The summed E-state index contributed by atoms with van der Waals surface area (Å²) in [6, 6.07) is 5.90. The minimum Gasteiger partial charge on any atom is -0.496 e. The molecule has 1 rings (SSSR count). The van der Waals surface area contributed by atoms with Crippen molar-refractivity contribution in [1.82, 2.24) is 0 Å². The minimum absolute atomic E-state index is 0.565. The SMILES string of the molecule is C=C(C)CCOCc1cc(Br)ccc1OC. The van der Waals surface area contributed by atoms with Crippen LogP contribution in [0.25, 0.3) is 0 Å². The van der Waals surface area contributed by atoms with Crippen LogP contribution in [0.3, 0.4) is 0 Å². The summed E-state index contributed by atoms with van der Waals surface area (Å²) >= 11 is 3.43. The number of hydrogen-bond donors (Lipinski definition) is 0. The van der Waals surface area contributed by atoms with E-state index in [2.05, 4.69) is 22.5 Å². The van der Waals surface area contributed by atoms with Crippen LogP contribution >= 0.6 is 15.9 Å². The lowest BCUT2D eigenvalue weighted by Crippen LogP contribution is -1.98. The Balaban J connectivity index is 2.51. The molecule has 0 unspecified atom stereocenters. The first-order chi connectivity index (χ1) is 7.63. The molecule has 0 spiro atoms. The van der Waals surface area contributed by atoms with Crippen LogP contribution in [0.1, 0.15) is 18.9 Å². The third-order valence-electron chi connectivity index (χ3n) is 2.17. The fraction of sp³-hybridized carbons (Fsp3) is 0.385. The molecule has 0 fully saturated rings. The highest BCUT2D eigenvalue weighted by molar-refractivity contribution is 9.10. The molecule has 0 bridgehead atoms. The molecule has 2 nitrogen and oxygen atoms in total. The second-order valence-electron chi connectivity index (χ2n) is 3.72. The van der Waals surface area contributed by atoms with Crippen molar-refractivity contribution in [2.45, 2.75) is 20.0 Å². The number of ether oxygens (including phenoxy) is 2. The van der Waals surface area contributed by atoms with Gasteiger partial charge in [-0.25, -0.2) is 0 Å². The van der Waals surface area contributed by atoms with E-state index in [0.29, 0.717) is 13.2 Å². The fourth-order valence-electron chi connectivity index (χ4n) is 1.29. The molecule has 0 radical (unpaired) electrons. The molecule has 0 aromatic heterocycles. The summed E-state index contributed by atoms with van der Waals surface area (Å²) in [5.74, 6) is 0.860. The average Bonchev–Trinajstić information content (AvgIpc) is 2.24. The van der Waals surface area contributed by atoms with Crippen LogP contribution in [0, 0.1) is 0 Å². The van der Waals surface area contributed by atoms with Gasteiger partial charge in [0.1, 0.15) is 5.75 Å². The Morgan fingerprint density at radius 3 is 2.81 bits per heavy atom. The minimum atomic E-state index is 0.565. The molecule has 0 aliphatic carbocycles. The fourth-order valence-corrected chi connectivity index (χ4v) is 1.70. The zero-order valence-electron chi connectivity index (χ0n) is 9.75. The van der Waals surface area contributed by atoms with E-state index in [1.807, 2.05) is 25.1 Å². The van der Waals surface area contributed by atoms with Crippen molar-refractivity contribution >= 4 is 15.9 Å². The first-order valence-electron chi connectivity index (χ1n) is 5.18. The lowest BCUT2D eigenvalue weighted by Gasteiger charge is -2.09. The van der Waals surface area contributed by atoms with E-state index in [1.165, 1.54) is 0 Å². The lowest BCUT2D eigenvalue weighted by atomic mass is 10.2. The number of benzene rings is 1. The van der Waals surface area contributed by atoms with Gasteiger partial charge in [-0.2, -0.15) is 0 Å². The maximum absolute atomic E-state index is 5.57. The van der Waals surface area contributed by atoms with Gasteiger partial charge >= 0.3 is 0 Å². The van der Waals surface area contributed by atoms with Crippen molar-refractivity contribution in [2.75, 3.05) is 13.7 Å². The van der Waals surface area contributed by atoms with Crippen LogP contribution in [0.2, 0.25) is 0 Å². The van der Waals surface area contributed by atoms with E-state index >= 15 is 0 Å². The van der Waals surface area contributed by atoms with Gasteiger partial charge in [0.2, 0.25) is 0 Å². The molecule has 0 heterocycles. The zero-order valence-corrected chi connectivity index (χ0v) is 11.3. The van der Waals surface area contributed by atoms with Crippen LogP contribution in [0.5, 0.6) is 5.75 Å². The lowest BCUT2D eigenvalue weighted by molar-refractivity contribution is 0.122. The van der Waals surface area contributed by atoms with Crippen molar-refractivity contribution in [1.29, 1.82) is 0 Å². The topological polar surface area (TPSA) is 18.5 Å². The van der Waals surface area contributed by atoms with E-state index in [1.54, 1.807) is 7.11 Å². The molecule has 0 amide bonds. The van der Waals surface area contributed by atoms with Crippen LogP contribution in [-0.4, -0.2) is 13.7 Å². The monoisotopic (exact) mass is 284 g/mol. The van der Waals surface area contributed by atoms with E-state index in [4.69, 9.17) is 9.47 Å². The predicted molar refractivity (Wildman–Crippen MR) is 69.8 cm³/mol. The Morgan fingerprint density at radius 1 is 1.44 bits per heavy atom. The standard InChI is InChI=1S/C13H17BrO2/c1-10(2)6-7-16-9-11-8-12(14)4-5-13(11)15-3/h4-5,8H,1,6-7,9H2,2-3H3. The molecular weight excluding hydrogens is 268 g/mol. The van der Waals surface area contributed by atoms with Gasteiger partial charge in [0, 0.05) is 10.0 Å². The highest BCUT2D eigenvalue weighted by atomic mass is 79.9. The number of methoxy groups -OCH3 is 1. The third kappa shape index (κ3) is 4.37. The Bertz CT molecular complexity index is 361. The molecule has 0 aliphatic heterocycles. The Hall–Kier alpha value is -0.800. The van der Waals surface area contributed by atoms with E-state index in [9.17, 15) is 0 Å². The highest BCUT2D eigenvalue weighted by Gasteiger charge is 2.03. The summed E-state index contributed by atoms with van der Waals surface area (Å²) in [6.07, 6.45) is 0.899. The van der Waals surface area contributed by atoms with Crippen molar-refractivity contribution in [3.63, 3.8) is 0 Å². The number of rotatable bonds is 6. The maximum atomic E-state index is 5.57. The van der Waals surface area contributed by atoms with Gasteiger partial charge in [-0.3, -0.25) is 0 Å². The summed E-state index contributed by atoms with van der Waals surface area (Å²) in [4.78, 5) is 0. The zero-order chi connectivity index (χ0) is 12.0. The Kier molecular flexibility index (Phi) is 5.56.